The molecule has 0 spiro atoms. The van der Waals surface area contributed by atoms with Gasteiger partial charge in [-0.1, -0.05) is 12.2 Å². The van der Waals surface area contributed by atoms with Gasteiger partial charge in [-0.3, -0.25) is 0 Å². The molecule has 0 aromatic rings. The molecule has 12 heavy (non-hydrogen) atoms. The number of nitrogens with two attached hydrogens (primary N) is 1. The van der Waals surface area contributed by atoms with E-state index in [0.717, 1.165) is 0 Å². The molecule has 0 aliphatic heterocycles. The summed E-state index contributed by atoms with van der Waals surface area (Å²) >= 11 is 0. The van der Waals surface area contributed by atoms with Crippen molar-refractivity contribution in [3.05, 3.63) is 12.2 Å². The molecule has 0 aromatic heterocycles. The zero-order valence-electron chi connectivity index (χ0n) is 7.50. The lowest BCUT2D eigenvalue weighted by Crippen LogP contribution is -2.35. The summed E-state index contributed by atoms with van der Waals surface area (Å²) in [4.78, 5) is 0. The van der Waals surface area contributed by atoms with Crippen LogP contribution in [0.4, 0.5) is 0 Å². The Morgan fingerprint density at radius 1 is 1.25 bits per heavy atom. The van der Waals surface area contributed by atoms with Crippen LogP contribution in [0.15, 0.2) is 12.2 Å². The molecule has 2 nitrogen and oxygen atoms in total. The van der Waals surface area contributed by atoms with E-state index in [1.165, 1.54) is 32.1 Å². The molecule has 3 atom stereocenters. The largest absolute Gasteiger partial charge is 0.328 e. The van der Waals surface area contributed by atoms with Crippen LogP contribution in [0.5, 0.6) is 0 Å². The highest BCUT2D eigenvalue weighted by Crippen LogP contribution is 2.19. The fourth-order valence-corrected chi connectivity index (χ4v) is 2.24. The Morgan fingerprint density at radius 3 is 2.75 bits per heavy atom. The van der Waals surface area contributed by atoms with E-state index >= 15 is 0 Å². The van der Waals surface area contributed by atoms with Crippen molar-refractivity contribution in [2.45, 2.75) is 50.2 Å². The molecule has 2 aliphatic carbocycles. The summed E-state index contributed by atoms with van der Waals surface area (Å²) in [6.45, 7) is 0. The molecular formula is C10H18N2. The minimum atomic E-state index is 0.452. The van der Waals surface area contributed by atoms with E-state index in [4.69, 9.17) is 5.73 Å². The van der Waals surface area contributed by atoms with Gasteiger partial charge in [-0.15, -0.1) is 0 Å². The van der Waals surface area contributed by atoms with Crippen LogP contribution >= 0.6 is 0 Å². The highest BCUT2D eigenvalue weighted by molar-refractivity contribution is 5.02. The van der Waals surface area contributed by atoms with Crippen molar-refractivity contribution >= 4 is 0 Å². The van der Waals surface area contributed by atoms with Gasteiger partial charge in [-0.05, 0) is 32.1 Å². The van der Waals surface area contributed by atoms with Crippen molar-refractivity contribution in [2.75, 3.05) is 0 Å². The highest BCUT2D eigenvalue weighted by Gasteiger charge is 2.23. The van der Waals surface area contributed by atoms with Crippen molar-refractivity contribution in [1.29, 1.82) is 0 Å². The molecule has 0 aromatic carbocycles. The number of hydrogen-bond donors (Lipinski definition) is 2. The predicted molar refractivity (Wildman–Crippen MR) is 50.9 cm³/mol. The van der Waals surface area contributed by atoms with Crippen molar-refractivity contribution in [2.24, 2.45) is 5.73 Å². The van der Waals surface area contributed by atoms with Crippen molar-refractivity contribution < 1.29 is 0 Å². The Bertz CT molecular complexity index is 177. The lowest BCUT2D eigenvalue weighted by molar-refractivity contribution is 0.467. The molecule has 0 heterocycles. The lowest BCUT2D eigenvalue weighted by Gasteiger charge is -2.16. The first kappa shape index (κ1) is 8.27. The van der Waals surface area contributed by atoms with Crippen LogP contribution in [0, 0.1) is 0 Å². The second kappa shape index (κ2) is 3.58. The third kappa shape index (κ3) is 1.87. The minimum Gasteiger partial charge on any atom is -0.328 e. The molecule has 2 heteroatoms. The van der Waals surface area contributed by atoms with Crippen molar-refractivity contribution in [3.8, 4) is 0 Å². The fraction of sp³-hybridized carbons (Fsp3) is 0.800. The van der Waals surface area contributed by atoms with Gasteiger partial charge in [0, 0.05) is 18.1 Å². The van der Waals surface area contributed by atoms with Crippen LogP contribution in [0.3, 0.4) is 0 Å². The Hall–Kier alpha value is -0.340. The highest BCUT2D eigenvalue weighted by atomic mass is 15.0. The summed E-state index contributed by atoms with van der Waals surface area (Å²) in [6, 6.07) is 1.78. The Kier molecular flexibility index (Phi) is 2.47. The second-order valence-corrected chi connectivity index (χ2v) is 4.05. The van der Waals surface area contributed by atoms with Crippen molar-refractivity contribution in [3.63, 3.8) is 0 Å². The molecule has 0 radical (unpaired) electrons. The molecule has 0 bridgehead atoms. The molecule has 0 saturated heterocycles. The van der Waals surface area contributed by atoms with Crippen LogP contribution in [0.2, 0.25) is 0 Å². The van der Waals surface area contributed by atoms with E-state index in [0.29, 0.717) is 18.1 Å². The number of hydrogen-bond acceptors (Lipinski definition) is 2. The molecule has 2 rings (SSSR count). The summed E-state index contributed by atoms with van der Waals surface area (Å²) in [5.41, 5.74) is 5.84. The molecule has 2 aliphatic rings. The predicted octanol–water partition coefficient (Wildman–Crippen LogP) is 1.17. The first-order valence-corrected chi connectivity index (χ1v) is 5.03. The van der Waals surface area contributed by atoms with E-state index in [2.05, 4.69) is 17.5 Å². The zero-order chi connectivity index (χ0) is 8.39. The van der Waals surface area contributed by atoms with Crippen LogP contribution in [0.1, 0.15) is 32.1 Å². The maximum atomic E-state index is 5.84. The summed E-state index contributed by atoms with van der Waals surface area (Å²) in [7, 11) is 0. The number of rotatable bonds is 2. The Labute approximate surface area is 74.2 Å². The molecule has 3 unspecified atom stereocenters. The maximum absolute atomic E-state index is 5.84. The van der Waals surface area contributed by atoms with E-state index in [1.54, 1.807) is 0 Å². The Morgan fingerprint density at radius 2 is 2.17 bits per heavy atom. The first-order valence-electron chi connectivity index (χ1n) is 5.03. The van der Waals surface area contributed by atoms with Gasteiger partial charge in [-0.2, -0.15) is 0 Å². The standard InChI is InChI=1S/C10H18N2/c11-8-5-6-10(7-8)12-9-3-1-2-4-9/h1,3,8-10,12H,2,4-7,11H2. The molecule has 1 saturated carbocycles. The van der Waals surface area contributed by atoms with Crippen molar-refractivity contribution in [1.82, 2.24) is 5.32 Å². The maximum Gasteiger partial charge on any atom is 0.0255 e. The zero-order valence-corrected chi connectivity index (χ0v) is 7.50. The number of allylic oxidation sites excluding steroid dienone is 1. The topological polar surface area (TPSA) is 38.0 Å². The van der Waals surface area contributed by atoms with Gasteiger partial charge < -0.3 is 11.1 Å². The SMILES string of the molecule is NC1CCC(NC2C=CCC2)C1. The quantitative estimate of drug-likeness (QED) is 0.604. The fourth-order valence-electron chi connectivity index (χ4n) is 2.24. The van der Waals surface area contributed by atoms with Crippen LogP contribution in [-0.2, 0) is 0 Å². The average Bonchev–Trinajstić information content (AvgIpc) is 2.63. The van der Waals surface area contributed by atoms with Crippen LogP contribution in [0.25, 0.3) is 0 Å². The summed E-state index contributed by atoms with van der Waals surface area (Å²) in [5.74, 6) is 0. The Balaban J connectivity index is 1.76. The second-order valence-electron chi connectivity index (χ2n) is 4.05. The van der Waals surface area contributed by atoms with Gasteiger partial charge in [0.1, 0.15) is 0 Å². The first-order chi connectivity index (χ1) is 5.84. The molecule has 68 valence electrons. The smallest absolute Gasteiger partial charge is 0.0255 e. The monoisotopic (exact) mass is 166 g/mol. The normalized spacial score (nSPS) is 40.9. The van der Waals surface area contributed by atoms with E-state index in [1.807, 2.05) is 0 Å². The summed E-state index contributed by atoms with van der Waals surface area (Å²) in [5, 5.41) is 3.64. The van der Waals surface area contributed by atoms with Gasteiger partial charge in [-0.25, -0.2) is 0 Å². The van der Waals surface area contributed by atoms with E-state index < -0.39 is 0 Å². The molecular weight excluding hydrogens is 148 g/mol. The van der Waals surface area contributed by atoms with E-state index in [-0.39, 0.29) is 0 Å². The van der Waals surface area contributed by atoms with Crippen LogP contribution in [-0.4, -0.2) is 18.1 Å². The van der Waals surface area contributed by atoms with E-state index in [9.17, 15) is 0 Å². The van der Waals surface area contributed by atoms with Gasteiger partial charge >= 0.3 is 0 Å². The molecule has 1 fully saturated rings. The number of nitrogens with one attached hydrogen (secondary N) is 1. The molecule has 0 amide bonds. The van der Waals surface area contributed by atoms with Gasteiger partial charge in [0.25, 0.3) is 0 Å². The van der Waals surface area contributed by atoms with Gasteiger partial charge in [0.05, 0.1) is 0 Å². The van der Waals surface area contributed by atoms with Gasteiger partial charge in [0.2, 0.25) is 0 Å². The van der Waals surface area contributed by atoms with Crippen LogP contribution < -0.4 is 11.1 Å². The third-order valence-electron chi connectivity index (χ3n) is 2.94. The lowest BCUT2D eigenvalue weighted by atomic mass is 10.2. The summed E-state index contributed by atoms with van der Waals surface area (Å²) in [6.07, 6.45) is 10.7. The average molecular weight is 166 g/mol. The molecule has 3 N–H and O–H groups in total. The summed E-state index contributed by atoms with van der Waals surface area (Å²) < 4.78 is 0. The van der Waals surface area contributed by atoms with Gasteiger partial charge in [0.15, 0.2) is 0 Å². The third-order valence-corrected chi connectivity index (χ3v) is 2.94. The minimum absolute atomic E-state index is 0.452.